The number of nitrogens with one attached hydrogen (secondary N) is 1. The van der Waals surface area contributed by atoms with E-state index >= 15 is 0 Å². The van der Waals surface area contributed by atoms with Gasteiger partial charge in [0.15, 0.2) is 0 Å². The summed E-state index contributed by atoms with van der Waals surface area (Å²) in [5.41, 5.74) is 2.78. The molecule has 134 valence electrons. The molecule has 0 fully saturated rings. The van der Waals surface area contributed by atoms with Crippen molar-refractivity contribution >= 4 is 29.3 Å². The molecule has 6 heteroatoms. The number of benzene rings is 2. The zero-order valence-corrected chi connectivity index (χ0v) is 15.9. The van der Waals surface area contributed by atoms with E-state index in [-0.39, 0.29) is 11.9 Å². The highest BCUT2D eigenvalue weighted by Crippen LogP contribution is 2.22. The minimum Gasteiger partial charge on any atom is -0.444 e. The van der Waals surface area contributed by atoms with E-state index in [9.17, 15) is 4.79 Å². The predicted molar refractivity (Wildman–Crippen MR) is 106 cm³/mol. The minimum atomic E-state index is -0.00661. The molecule has 1 atom stereocenters. The van der Waals surface area contributed by atoms with Crippen molar-refractivity contribution in [2.75, 3.05) is 5.75 Å². The van der Waals surface area contributed by atoms with E-state index in [1.165, 1.54) is 11.8 Å². The number of carbonyl (C=O) groups excluding carboxylic acids is 1. The second kappa shape index (κ2) is 8.92. The first-order valence-corrected chi connectivity index (χ1v) is 9.77. The summed E-state index contributed by atoms with van der Waals surface area (Å²) in [5, 5.41) is 3.68. The Bertz CT molecular complexity index is 850. The molecule has 4 nitrogen and oxygen atoms in total. The molecule has 0 aliphatic heterocycles. The van der Waals surface area contributed by atoms with Gasteiger partial charge in [-0.3, -0.25) is 4.79 Å². The van der Waals surface area contributed by atoms with E-state index in [0.717, 1.165) is 16.8 Å². The summed E-state index contributed by atoms with van der Waals surface area (Å²) in [6, 6.07) is 17.2. The van der Waals surface area contributed by atoms with Crippen LogP contribution >= 0.6 is 23.4 Å². The number of halogens is 1. The maximum Gasteiger partial charge on any atom is 0.230 e. The number of amides is 1. The first-order chi connectivity index (χ1) is 12.6. The molecule has 0 unspecified atom stereocenters. The van der Waals surface area contributed by atoms with Gasteiger partial charge in [0.2, 0.25) is 11.8 Å². The fourth-order valence-corrected chi connectivity index (χ4v) is 3.29. The van der Waals surface area contributed by atoms with Crippen molar-refractivity contribution in [2.24, 2.45) is 0 Å². The second-order valence-electron chi connectivity index (χ2n) is 5.84. The zero-order chi connectivity index (χ0) is 18.4. The molecule has 0 aliphatic rings. The Hall–Kier alpha value is -2.24. The summed E-state index contributed by atoms with van der Waals surface area (Å²) in [4.78, 5) is 16.5. The van der Waals surface area contributed by atoms with E-state index in [0.29, 0.717) is 22.4 Å². The maximum absolute atomic E-state index is 12.1. The number of rotatable bonds is 7. The molecular weight excluding hydrogens is 368 g/mol. The Labute approximate surface area is 162 Å². The van der Waals surface area contributed by atoms with Gasteiger partial charge in [-0.05, 0) is 36.8 Å². The van der Waals surface area contributed by atoms with Crippen LogP contribution in [0.3, 0.4) is 0 Å². The predicted octanol–water partition coefficient (Wildman–Crippen LogP) is 5.11. The molecule has 0 radical (unpaired) electrons. The number of aromatic nitrogens is 1. The van der Waals surface area contributed by atoms with E-state index < -0.39 is 0 Å². The molecule has 1 amide bonds. The van der Waals surface area contributed by atoms with Crippen molar-refractivity contribution in [2.45, 2.75) is 18.7 Å². The first kappa shape index (κ1) is 18.5. The fraction of sp³-hybridized carbons (Fsp3) is 0.200. The smallest absolute Gasteiger partial charge is 0.230 e. The first-order valence-electron chi connectivity index (χ1n) is 8.24. The second-order valence-corrected chi connectivity index (χ2v) is 7.27. The molecule has 0 saturated heterocycles. The quantitative estimate of drug-likeness (QED) is 0.613. The van der Waals surface area contributed by atoms with Crippen LogP contribution in [0.2, 0.25) is 5.02 Å². The summed E-state index contributed by atoms with van der Waals surface area (Å²) in [6.07, 6.45) is 1.63. The molecule has 1 heterocycles. The van der Waals surface area contributed by atoms with Gasteiger partial charge >= 0.3 is 0 Å². The minimum absolute atomic E-state index is 0.00661. The standard InChI is InChI=1S/C20H19ClN2O2S/c1-14(15-5-3-2-4-6-15)22-19(24)13-26-12-18-11-25-20(23-18)16-7-9-17(21)10-8-16/h2-11,14H,12-13H2,1H3,(H,22,24)/t14-/m1/s1. The molecule has 3 aromatic rings. The number of hydrogen-bond donors (Lipinski definition) is 1. The average Bonchev–Trinajstić information content (AvgIpc) is 3.12. The maximum atomic E-state index is 12.1. The molecule has 3 rings (SSSR count). The lowest BCUT2D eigenvalue weighted by Crippen LogP contribution is -2.28. The number of hydrogen-bond acceptors (Lipinski definition) is 4. The lowest BCUT2D eigenvalue weighted by molar-refractivity contribution is -0.119. The van der Waals surface area contributed by atoms with Crippen LogP contribution in [-0.4, -0.2) is 16.6 Å². The molecular formula is C20H19ClN2O2S. The van der Waals surface area contributed by atoms with Crippen molar-refractivity contribution < 1.29 is 9.21 Å². The van der Waals surface area contributed by atoms with Crippen LogP contribution in [0.4, 0.5) is 0 Å². The molecule has 26 heavy (non-hydrogen) atoms. The highest BCUT2D eigenvalue weighted by molar-refractivity contribution is 7.99. The van der Waals surface area contributed by atoms with Gasteiger partial charge in [-0.2, -0.15) is 0 Å². The monoisotopic (exact) mass is 386 g/mol. The van der Waals surface area contributed by atoms with Crippen LogP contribution in [0.25, 0.3) is 11.5 Å². The van der Waals surface area contributed by atoms with Gasteiger partial charge in [-0.15, -0.1) is 11.8 Å². The van der Waals surface area contributed by atoms with E-state index in [1.54, 1.807) is 18.4 Å². The van der Waals surface area contributed by atoms with Crippen LogP contribution in [-0.2, 0) is 10.5 Å². The van der Waals surface area contributed by atoms with Gasteiger partial charge in [-0.25, -0.2) is 4.98 Å². The highest BCUT2D eigenvalue weighted by atomic mass is 35.5. The van der Waals surface area contributed by atoms with Gasteiger partial charge in [-0.1, -0.05) is 41.9 Å². The highest BCUT2D eigenvalue weighted by Gasteiger charge is 2.11. The lowest BCUT2D eigenvalue weighted by atomic mass is 10.1. The summed E-state index contributed by atoms with van der Waals surface area (Å²) < 4.78 is 5.50. The molecule has 0 saturated carbocycles. The largest absolute Gasteiger partial charge is 0.444 e. The summed E-state index contributed by atoms with van der Waals surface area (Å²) in [6.45, 7) is 1.98. The molecule has 0 bridgehead atoms. The van der Waals surface area contributed by atoms with Gasteiger partial charge in [0.05, 0.1) is 17.5 Å². The SMILES string of the molecule is C[C@@H](NC(=O)CSCc1coc(-c2ccc(Cl)cc2)n1)c1ccccc1. The number of carbonyl (C=O) groups is 1. The molecule has 0 spiro atoms. The lowest BCUT2D eigenvalue weighted by Gasteiger charge is -2.13. The van der Waals surface area contributed by atoms with Gasteiger partial charge in [0.1, 0.15) is 6.26 Å². The summed E-state index contributed by atoms with van der Waals surface area (Å²) in [5.74, 6) is 1.55. The molecule has 1 aromatic heterocycles. The molecule has 2 aromatic carbocycles. The van der Waals surface area contributed by atoms with Crippen LogP contribution in [0.1, 0.15) is 24.2 Å². The Balaban J connectivity index is 1.46. The van der Waals surface area contributed by atoms with Crippen LogP contribution in [0.5, 0.6) is 0 Å². The van der Waals surface area contributed by atoms with Crippen LogP contribution in [0, 0.1) is 0 Å². The fourth-order valence-electron chi connectivity index (χ4n) is 2.45. The Morgan fingerprint density at radius 2 is 1.92 bits per heavy atom. The van der Waals surface area contributed by atoms with Crippen molar-refractivity contribution in [1.29, 1.82) is 0 Å². The van der Waals surface area contributed by atoms with E-state index in [1.807, 2.05) is 49.4 Å². The van der Waals surface area contributed by atoms with Crippen LogP contribution < -0.4 is 5.32 Å². The Morgan fingerprint density at radius 1 is 1.19 bits per heavy atom. The normalized spacial score (nSPS) is 11.9. The summed E-state index contributed by atoms with van der Waals surface area (Å²) in [7, 11) is 0. The third-order valence-electron chi connectivity index (χ3n) is 3.80. The molecule has 0 aliphatic carbocycles. The van der Waals surface area contributed by atoms with Crippen LogP contribution in [0.15, 0.2) is 65.3 Å². The van der Waals surface area contributed by atoms with Crippen molar-refractivity contribution in [3.63, 3.8) is 0 Å². The number of nitrogens with zero attached hydrogens (tertiary/aromatic N) is 1. The Kier molecular flexibility index (Phi) is 6.36. The number of oxazole rings is 1. The van der Waals surface area contributed by atoms with Crippen molar-refractivity contribution in [1.82, 2.24) is 10.3 Å². The zero-order valence-electron chi connectivity index (χ0n) is 14.3. The summed E-state index contributed by atoms with van der Waals surface area (Å²) >= 11 is 7.39. The van der Waals surface area contributed by atoms with Gasteiger partial charge < -0.3 is 9.73 Å². The topological polar surface area (TPSA) is 55.1 Å². The van der Waals surface area contributed by atoms with Crippen molar-refractivity contribution in [3.8, 4) is 11.5 Å². The van der Waals surface area contributed by atoms with Crippen molar-refractivity contribution in [3.05, 3.63) is 77.1 Å². The number of thioether (sulfide) groups is 1. The Morgan fingerprint density at radius 3 is 2.65 bits per heavy atom. The van der Waals surface area contributed by atoms with E-state index in [2.05, 4.69) is 10.3 Å². The van der Waals surface area contributed by atoms with Gasteiger partial charge in [0.25, 0.3) is 0 Å². The third kappa shape index (κ3) is 5.13. The average molecular weight is 387 g/mol. The molecule has 1 N–H and O–H groups in total. The van der Waals surface area contributed by atoms with E-state index in [4.69, 9.17) is 16.0 Å². The van der Waals surface area contributed by atoms with Gasteiger partial charge in [0, 0.05) is 16.3 Å². The third-order valence-corrected chi connectivity index (χ3v) is 5.02.